The van der Waals surface area contributed by atoms with Gasteiger partial charge in [0.2, 0.25) is 0 Å². The Kier molecular flexibility index (Phi) is 5.85. The number of nitrogens with one attached hydrogen (secondary N) is 1. The van der Waals surface area contributed by atoms with Gasteiger partial charge in [-0.05, 0) is 30.5 Å². The number of amidine groups is 1. The fraction of sp³-hybridized carbons (Fsp3) is 0.588. The van der Waals surface area contributed by atoms with Crippen molar-refractivity contribution in [3.8, 4) is 5.75 Å². The maximum absolute atomic E-state index is 10.5. The third-order valence-corrected chi connectivity index (χ3v) is 5.79. The average molecular weight is 368 g/mol. The third kappa shape index (κ3) is 3.93. The van der Waals surface area contributed by atoms with Crippen molar-refractivity contribution in [2.45, 2.75) is 48.7 Å². The second kappa shape index (κ2) is 7.92. The first kappa shape index (κ1) is 18.5. The molecule has 7 nitrogen and oxygen atoms in total. The van der Waals surface area contributed by atoms with Gasteiger partial charge in [0.25, 0.3) is 0 Å². The van der Waals surface area contributed by atoms with Crippen LogP contribution in [0, 0.1) is 0 Å². The van der Waals surface area contributed by atoms with Gasteiger partial charge >= 0.3 is 0 Å². The molecular weight excluding hydrogens is 344 g/mol. The number of hydrogen-bond acceptors (Lipinski definition) is 7. The first-order chi connectivity index (χ1) is 12.0. The Labute approximate surface area is 151 Å². The van der Waals surface area contributed by atoms with Gasteiger partial charge in [0.05, 0.1) is 19.3 Å². The van der Waals surface area contributed by atoms with Crippen molar-refractivity contribution < 1.29 is 24.8 Å². The van der Waals surface area contributed by atoms with Crippen molar-refractivity contribution in [3.05, 3.63) is 29.8 Å². The van der Waals surface area contributed by atoms with E-state index in [0.29, 0.717) is 18.0 Å². The summed E-state index contributed by atoms with van der Waals surface area (Å²) in [4.78, 5) is 4.05. The fourth-order valence-corrected chi connectivity index (χ4v) is 4.22. The molecule has 25 heavy (non-hydrogen) atoms. The molecule has 0 saturated carbocycles. The van der Waals surface area contributed by atoms with Gasteiger partial charge in [-0.25, -0.2) is 0 Å². The Morgan fingerprint density at radius 1 is 1.28 bits per heavy atom. The molecule has 6 atom stereocenters. The van der Waals surface area contributed by atoms with Crippen LogP contribution < -0.4 is 10.1 Å². The number of nitrogens with zero attached hydrogens (tertiary/aromatic N) is 1. The van der Waals surface area contributed by atoms with Crippen LogP contribution in [0.2, 0.25) is 0 Å². The van der Waals surface area contributed by atoms with Crippen molar-refractivity contribution in [2.24, 2.45) is 4.99 Å². The van der Waals surface area contributed by atoms with Crippen molar-refractivity contribution in [1.29, 1.82) is 0 Å². The van der Waals surface area contributed by atoms with Crippen LogP contribution in [-0.4, -0.2) is 70.5 Å². The SMILES string of the molecule is CN=C1N[C@@H]2[C@@H](O)[C@H](O)C([C@H](O)CCc3ccc(OC)cc3)O[C@@H]2S1. The highest BCUT2D eigenvalue weighted by atomic mass is 32.2. The Hall–Kier alpha value is -1.32. The summed E-state index contributed by atoms with van der Waals surface area (Å²) in [5.41, 5.74) is 0.679. The van der Waals surface area contributed by atoms with E-state index >= 15 is 0 Å². The lowest BCUT2D eigenvalue weighted by molar-refractivity contribution is -0.188. The van der Waals surface area contributed by atoms with Crippen LogP contribution in [0.4, 0.5) is 0 Å². The molecule has 3 rings (SSSR count). The Bertz CT molecular complexity index is 612. The number of benzene rings is 1. The van der Waals surface area contributed by atoms with E-state index in [9.17, 15) is 15.3 Å². The lowest BCUT2D eigenvalue weighted by Crippen LogP contribution is -2.61. The molecule has 0 aliphatic carbocycles. The number of aliphatic hydroxyl groups excluding tert-OH is 3. The van der Waals surface area contributed by atoms with Crippen molar-refractivity contribution in [2.75, 3.05) is 14.2 Å². The minimum Gasteiger partial charge on any atom is -0.497 e. The minimum atomic E-state index is -1.16. The van der Waals surface area contributed by atoms with Gasteiger partial charge in [0, 0.05) is 7.05 Å². The first-order valence-electron chi connectivity index (χ1n) is 8.26. The zero-order valence-corrected chi connectivity index (χ0v) is 15.0. The summed E-state index contributed by atoms with van der Waals surface area (Å²) in [5, 5.41) is 34.9. The number of methoxy groups -OCH3 is 1. The van der Waals surface area contributed by atoms with E-state index < -0.39 is 30.5 Å². The molecule has 1 aromatic carbocycles. The molecular formula is C17H24N2O5S. The van der Waals surface area contributed by atoms with Crippen molar-refractivity contribution in [1.82, 2.24) is 5.32 Å². The van der Waals surface area contributed by atoms with Gasteiger partial charge < -0.3 is 30.1 Å². The van der Waals surface area contributed by atoms with Crippen molar-refractivity contribution in [3.63, 3.8) is 0 Å². The summed E-state index contributed by atoms with van der Waals surface area (Å²) in [6, 6.07) is 7.19. The normalized spacial score (nSPS) is 34.4. The lowest BCUT2D eigenvalue weighted by atomic mass is 9.92. The van der Waals surface area contributed by atoms with E-state index in [4.69, 9.17) is 9.47 Å². The zero-order chi connectivity index (χ0) is 18.0. The molecule has 0 spiro atoms. The van der Waals surface area contributed by atoms with Crippen LogP contribution in [-0.2, 0) is 11.2 Å². The molecule has 4 N–H and O–H groups in total. The second-order valence-corrected chi connectivity index (χ2v) is 7.31. The van der Waals surface area contributed by atoms with E-state index in [1.807, 2.05) is 24.3 Å². The molecule has 138 valence electrons. The van der Waals surface area contributed by atoms with Crippen LogP contribution >= 0.6 is 11.8 Å². The van der Waals surface area contributed by atoms with E-state index in [1.165, 1.54) is 11.8 Å². The third-order valence-electron chi connectivity index (χ3n) is 4.63. The molecule has 0 bridgehead atoms. The average Bonchev–Trinajstić information content (AvgIpc) is 3.06. The minimum absolute atomic E-state index is 0.377. The molecule has 2 heterocycles. The van der Waals surface area contributed by atoms with Gasteiger partial charge in [-0.1, -0.05) is 23.9 Å². The summed E-state index contributed by atoms with van der Waals surface area (Å²) in [6.45, 7) is 0. The Balaban J connectivity index is 1.60. The smallest absolute Gasteiger partial charge is 0.159 e. The quantitative estimate of drug-likeness (QED) is 0.586. The van der Waals surface area contributed by atoms with Gasteiger partial charge in [-0.3, -0.25) is 4.99 Å². The fourth-order valence-electron chi connectivity index (χ4n) is 3.14. The number of aliphatic imine (C=N–C) groups is 1. The van der Waals surface area contributed by atoms with Crippen LogP contribution in [0.3, 0.4) is 0 Å². The molecule has 2 aliphatic rings. The molecule has 0 aromatic heterocycles. The van der Waals surface area contributed by atoms with Crippen LogP contribution in [0.5, 0.6) is 5.75 Å². The Morgan fingerprint density at radius 2 is 2.00 bits per heavy atom. The first-order valence-corrected chi connectivity index (χ1v) is 9.14. The van der Waals surface area contributed by atoms with E-state index in [-0.39, 0.29) is 5.44 Å². The number of ether oxygens (including phenoxy) is 2. The molecule has 2 aliphatic heterocycles. The zero-order valence-electron chi connectivity index (χ0n) is 14.2. The monoisotopic (exact) mass is 368 g/mol. The molecule has 2 saturated heterocycles. The summed E-state index contributed by atoms with van der Waals surface area (Å²) in [5.74, 6) is 0.781. The molecule has 0 amide bonds. The predicted molar refractivity (Wildman–Crippen MR) is 95.9 cm³/mol. The number of aliphatic hydroxyl groups is 3. The highest BCUT2D eigenvalue weighted by Crippen LogP contribution is 2.35. The number of thioether (sulfide) groups is 1. The lowest BCUT2D eigenvalue weighted by Gasteiger charge is -2.40. The summed E-state index contributed by atoms with van der Waals surface area (Å²) in [6.07, 6.45) is -2.83. The topological polar surface area (TPSA) is 104 Å². The summed E-state index contributed by atoms with van der Waals surface area (Å²) in [7, 11) is 3.26. The Morgan fingerprint density at radius 3 is 2.64 bits per heavy atom. The van der Waals surface area contributed by atoms with Gasteiger partial charge in [0.1, 0.15) is 29.5 Å². The molecule has 8 heteroatoms. The predicted octanol–water partition coefficient (Wildman–Crippen LogP) is 0.126. The maximum atomic E-state index is 10.5. The number of aryl methyl sites for hydroxylation is 1. The van der Waals surface area contributed by atoms with E-state index in [1.54, 1.807) is 14.2 Å². The molecule has 2 fully saturated rings. The van der Waals surface area contributed by atoms with Crippen LogP contribution in [0.15, 0.2) is 29.3 Å². The summed E-state index contributed by atoms with van der Waals surface area (Å²) < 4.78 is 11.0. The standard InChI is InChI=1S/C17H24N2O5S/c1-18-17-19-12-13(21)14(22)15(24-16(12)25-17)11(20)8-5-9-3-6-10(23-2)7-4-9/h3-4,6-7,11-16,20-22H,5,8H2,1-2H3,(H,18,19)/t11-,12-,13-,14+,15?,16-/m1/s1. The van der Waals surface area contributed by atoms with Crippen LogP contribution in [0.1, 0.15) is 12.0 Å². The molecule has 1 aromatic rings. The molecule has 1 unspecified atom stereocenters. The van der Waals surface area contributed by atoms with Crippen LogP contribution in [0.25, 0.3) is 0 Å². The summed E-state index contributed by atoms with van der Waals surface area (Å²) >= 11 is 1.36. The van der Waals surface area contributed by atoms with Crippen molar-refractivity contribution >= 4 is 16.9 Å². The largest absolute Gasteiger partial charge is 0.497 e. The number of hydrogen-bond donors (Lipinski definition) is 4. The highest BCUT2D eigenvalue weighted by Gasteiger charge is 2.50. The van der Waals surface area contributed by atoms with Gasteiger partial charge in [-0.2, -0.15) is 0 Å². The van der Waals surface area contributed by atoms with E-state index in [0.717, 1.165) is 11.3 Å². The van der Waals surface area contributed by atoms with E-state index in [2.05, 4.69) is 10.3 Å². The maximum Gasteiger partial charge on any atom is 0.159 e. The molecule has 0 radical (unpaired) electrons. The highest BCUT2D eigenvalue weighted by molar-refractivity contribution is 8.14. The number of rotatable bonds is 5. The van der Waals surface area contributed by atoms with Gasteiger partial charge in [0.15, 0.2) is 5.17 Å². The number of fused-ring (bicyclic) bond motifs is 1. The van der Waals surface area contributed by atoms with Gasteiger partial charge in [-0.15, -0.1) is 0 Å². The second-order valence-electron chi connectivity index (χ2n) is 6.22.